The Morgan fingerprint density at radius 1 is 0.452 bits per heavy atom. The smallest absolute Gasteiger partial charge is 0.306 e. The molecule has 0 aliphatic rings. The Morgan fingerprint density at radius 3 is 1.17 bits per heavy atom. The van der Waals surface area contributed by atoms with Crippen molar-refractivity contribution in [3.05, 3.63) is 0 Å². The van der Waals surface area contributed by atoms with E-state index in [0.717, 1.165) is 76.5 Å². The van der Waals surface area contributed by atoms with Crippen molar-refractivity contribution in [2.75, 3.05) is 13.2 Å². The highest BCUT2D eigenvalue weighted by molar-refractivity contribution is 5.71. The lowest BCUT2D eigenvalue weighted by Gasteiger charge is -2.18. The van der Waals surface area contributed by atoms with Crippen LogP contribution in [0, 0.1) is 5.92 Å². The van der Waals surface area contributed by atoms with Crippen molar-refractivity contribution >= 4 is 17.9 Å². The molecule has 0 fully saturated rings. The van der Waals surface area contributed by atoms with Crippen LogP contribution in [0.3, 0.4) is 0 Å². The first-order valence-electron chi connectivity index (χ1n) is 17.9. The molecule has 0 aliphatic heterocycles. The van der Waals surface area contributed by atoms with Crippen LogP contribution in [-0.4, -0.2) is 37.2 Å². The van der Waals surface area contributed by atoms with E-state index in [1.165, 1.54) is 70.6 Å². The van der Waals surface area contributed by atoms with Gasteiger partial charge in [0.2, 0.25) is 0 Å². The molecule has 0 saturated carbocycles. The van der Waals surface area contributed by atoms with E-state index < -0.39 is 6.10 Å². The Balaban J connectivity index is 4.14. The van der Waals surface area contributed by atoms with Crippen molar-refractivity contribution in [3.8, 4) is 0 Å². The van der Waals surface area contributed by atoms with E-state index in [1.807, 2.05) is 0 Å². The largest absolute Gasteiger partial charge is 0.462 e. The number of hydrogen-bond donors (Lipinski definition) is 0. The van der Waals surface area contributed by atoms with Gasteiger partial charge in [-0.15, -0.1) is 0 Å². The molecule has 0 unspecified atom stereocenters. The lowest BCUT2D eigenvalue weighted by Crippen LogP contribution is -2.30. The van der Waals surface area contributed by atoms with E-state index in [2.05, 4.69) is 27.7 Å². The second-order valence-electron chi connectivity index (χ2n) is 12.6. The van der Waals surface area contributed by atoms with Crippen LogP contribution in [0.4, 0.5) is 0 Å². The maximum Gasteiger partial charge on any atom is 0.306 e. The van der Waals surface area contributed by atoms with Crippen LogP contribution >= 0.6 is 0 Å². The average Bonchev–Trinajstić information content (AvgIpc) is 2.96. The molecule has 6 heteroatoms. The standard InChI is InChI=1S/C36H68O6/c1-5-7-9-18-23-27-34(37)40-30-33(42-36(39)29-25-19-10-8-6-2)31-41-35(38)28-24-21-17-15-13-11-12-14-16-20-22-26-32(3)4/h32-33H,5-31H2,1-4H3/t33-/m1/s1. The summed E-state index contributed by atoms with van der Waals surface area (Å²) in [7, 11) is 0. The number of hydrogen-bond acceptors (Lipinski definition) is 6. The van der Waals surface area contributed by atoms with Gasteiger partial charge >= 0.3 is 17.9 Å². The highest BCUT2D eigenvalue weighted by Gasteiger charge is 2.19. The van der Waals surface area contributed by atoms with Crippen molar-refractivity contribution < 1.29 is 28.6 Å². The molecule has 248 valence electrons. The second-order valence-corrected chi connectivity index (χ2v) is 12.6. The summed E-state index contributed by atoms with van der Waals surface area (Å²) in [6.07, 6.45) is 25.8. The monoisotopic (exact) mass is 597 g/mol. The average molecular weight is 597 g/mol. The third kappa shape index (κ3) is 29.9. The zero-order chi connectivity index (χ0) is 31.1. The van der Waals surface area contributed by atoms with Crippen LogP contribution in [0.15, 0.2) is 0 Å². The Hall–Kier alpha value is -1.59. The Labute approximate surface area is 259 Å². The van der Waals surface area contributed by atoms with Crippen LogP contribution in [0.2, 0.25) is 0 Å². The fourth-order valence-electron chi connectivity index (χ4n) is 5.04. The van der Waals surface area contributed by atoms with Crippen LogP contribution < -0.4 is 0 Å². The summed E-state index contributed by atoms with van der Waals surface area (Å²) in [5.74, 6) is -0.0704. The predicted molar refractivity (Wildman–Crippen MR) is 173 cm³/mol. The maximum absolute atomic E-state index is 12.4. The van der Waals surface area contributed by atoms with Gasteiger partial charge in [0.05, 0.1) is 0 Å². The summed E-state index contributed by atoms with van der Waals surface area (Å²) in [5.41, 5.74) is 0. The normalized spacial score (nSPS) is 11.9. The highest BCUT2D eigenvalue weighted by atomic mass is 16.6. The molecule has 0 heterocycles. The molecule has 0 spiro atoms. The van der Waals surface area contributed by atoms with Gasteiger partial charge < -0.3 is 14.2 Å². The molecule has 0 aromatic heterocycles. The molecule has 0 aromatic carbocycles. The SMILES string of the molecule is CCCCCCCC(=O)OC[C@H](COC(=O)CCCCCCCCCCCCCC(C)C)OC(=O)CCCCCCC. The van der Waals surface area contributed by atoms with Gasteiger partial charge in [0.1, 0.15) is 13.2 Å². The quantitative estimate of drug-likeness (QED) is 0.0450. The van der Waals surface area contributed by atoms with E-state index in [1.54, 1.807) is 0 Å². The molecule has 1 atom stereocenters. The van der Waals surface area contributed by atoms with Crippen molar-refractivity contribution in [2.24, 2.45) is 5.92 Å². The summed E-state index contributed by atoms with van der Waals surface area (Å²) in [6, 6.07) is 0. The second kappa shape index (κ2) is 30.9. The van der Waals surface area contributed by atoms with E-state index in [9.17, 15) is 14.4 Å². The van der Waals surface area contributed by atoms with E-state index >= 15 is 0 Å². The van der Waals surface area contributed by atoms with Gasteiger partial charge in [-0.2, -0.15) is 0 Å². The highest BCUT2D eigenvalue weighted by Crippen LogP contribution is 2.15. The molecule has 0 rings (SSSR count). The zero-order valence-corrected chi connectivity index (χ0v) is 28.2. The van der Waals surface area contributed by atoms with Crippen molar-refractivity contribution in [3.63, 3.8) is 0 Å². The van der Waals surface area contributed by atoms with Crippen LogP contribution in [-0.2, 0) is 28.6 Å². The summed E-state index contributed by atoms with van der Waals surface area (Å²) in [5, 5.41) is 0. The molecule has 42 heavy (non-hydrogen) atoms. The minimum atomic E-state index is -0.753. The first kappa shape index (κ1) is 40.4. The molecule has 0 aliphatic carbocycles. The van der Waals surface area contributed by atoms with E-state index in [4.69, 9.17) is 14.2 Å². The molecule has 0 radical (unpaired) electrons. The van der Waals surface area contributed by atoms with Crippen LogP contribution in [0.1, 0.15) is 188 Å². The molecule has 6 nitrogen and oxygen atoms in total. The number of ether oxygens (including phenoxy) is 3. The van der Waals surface area contributed by atoms with Gasteiger partial charge in [0, 0.05) is 19.3 Å². The summed E-state index contributed by atoms with van der Waals surface area (Å²) >= 11 is 0. The van der Waals surface area contributed by atoms with Gasteiger partial charge in [-0.3, -0.25) is 14.4 Å². The van der Waals surface area contributed by atoms with Gasteiger partial charge in [-0.1, -0.05) is 150 Å². The number of carbonyl (C=O) groups is 3. The number of rotatable bonds is 31. The Morgan fingerprint density at radius 2 is 0.786 bits per heavy atom. The third-order valence-corrected chi connectivity index (χ3v) is 7.79. The summed E-state index contributed by atoms with van der Waals surface area (Å²) in [6.45, 7) is 8.78. The predicted octanol–water partition coefficient (Wildman–Crippen LogP) is 10.4. The third-order valence-electron chi connectivity index (χ3n) is 7.79. The minimum absolute atomic E-state index is 0.0678. The van der Waals surface area contributed by atoms with Gasteiger partial charge in [-0.25, -0.2) is 0 Å². The van der Waals surface area contributed by atoms with Gasteiger partial charge in [0.15, 0.2) is 6.10 Å². The molecular formula is C36H68O6. The molecule has 0 aromatic rings. The molecular weight excluding hydrogens is 528 g/mol. The molecule has 0 amide bonds. The van der Waals surface area contributed by atoms with Crippen molar-refractivity contribution in [1.82, 2.24) is 0 Å². The fraction of sp³-hybridized carbons (Fsp3) is 0.917. The molecule has 0 saturated heterocycles. The Bertz CT molecular complexity index is 632. The fourth-order valence-corrected chi connectivity index (χ4v) is 5.04. The number of carbonyl (C=O) groups excluding carboxylic acids is 3. The minimum Gasteiger partial charge on any atom is -0.462 e. The van der Waals surface area contributed by atoms with E-state index in [0.29, 0.717) is 19.3 Å². The summed E-state index contributed by atoms with van der Waals surface area (Å²) in [4.78, 5) is 36.8. The van der Waals surface area contributed by atoms with Crippen molar-refractivity contribution in [2.45, 2.75) is 194 Å². The zero-order valence-electron chi connectivity index (χ0n) is 28.2. The Kier molecular flexibility index (Phi) is 29.7. The molecule has 0 N–H and O–H groups in total. The molecule has 0 bridgehead atoms. The number of unbranched alkanes of at least 4 members (excludes halogenated alkanes) is 18. The number of esters is 3. The van der Waals surface area contributed by atoms with Crippen molar-refractivity contribution in [1.29, 1.82) is 0 Å². The van der Waals surface area contributed by atoms with Gasteiger partial charge in [0.25, 0.3) is 0 Å². The first-order valence-corrected chi connectivity index (χ1v) is 17.9. The lowest BCUT2D eigenvalue weighted by atomic mass is 10.0. The van der Waals surface area contributed by atoms with E-state index in [-0.39, 0.29) is 31.1 Å². The maximum atomic E-state index is 12.4. The summed E-state index contributed by atoms with van der Waals surface area (Å²) < 4.78 is 16.4. The van der Waals surface area contributed by atoms with Crippen LogP contribution in [0.5, 0.6) is 0 Å². The lowest BCUT2D eigenvalue weighted by molar-refractivity contribution is -0.167. The first-order chi connectivity index (χ1) is 20.4. The van der Waals surface area contributed by atoms with Crippen LogP contribution in [0.25, 0.3) is 0 Å². The van der Waals surface area contributed by atoms with Gasteiger partial charge in [-0.05, 0) is 25.2 Å². The topological polar surface area (TPSA) is 78.9 Å².